The van der Waals surface area contributed by atoms with Crippen molar-refractivity contribution in [1.29, 1.82) is 5.26 Å². The van der Waals surface area contributed by atoms with Crippen LogP contribution in [0.2, 0.25) is 0 Å². The fraction of sp³-hybridized carbons (Fsp3) is 0.818. The molecule has 0 saturated heterocycles. The molecule has 2 fully saturated rings. The molecule has 1 amide bonds. The van der Waals surface area contributed by atoms with Gasteiger partial charge in [-0.3, -0.25) is 4.79 Å². The number of amides is 1. The second-order valence-electron chi connectivity index (χ2n) is 5.16. The van der Waals surface area contributed by atoms with Crippen molar-refractivity contribution in [2.45, 2.75) is 55.5 Å². The van der Waals surface area contributed by atoms with Gasteiger partial charge in [-0.2, -0.15) is 5.26 Å². The number of alkyl halides is 2. The first-order valence-electron chi connectivity index (χ1n) is 5.72. The zero-order chi connectivity index (χ0) is 12.7. The van der Waals surface area contributed by atoms with Crippen LogP contribution in [0.3, 0.4) is 0 Å². The third-order valence-electron chi connectivity index (χ3n) is 3.64. The number of carbonyl (C=O) groups excluding carboxylic acids is 1. The molecule has 2 saturated carbocycles. The lowest BCUT2D eigenvalue weighted by Gasteiger charge is -2.36. The fourth-order valence-electron chi connectivity index (χ4n) is 2.02. The molecule has 6 heteroatoms. The van der Waals surface area contributed by atoms with Crippen LogP contribution in [0, 0.1) is 11.3 Å². The average Bonchev–Trinajstić information content (AvgIpc) is 3.03. The van der Waals surface area contributed by atoms with E-state index in [0.29, 0.717) is 12.8 Å². The van der Waals surface area contributed by atoms with Crippen LogP contribution < -0.4 is 11.1 Å². The summed E-state index contributed by atoms with van der Waals surface area (Å²) < 4.78 is 26.0. The Morgan fingerprint density at radius 3 is 2.12 bits per heavy atom. The Balaban J connectivity index is 1.98. The number of nitriles is 1. The van der Waals surface area contributed by atoms with Gasteiger partial charge in [0.1, 0.15) is 5.54 Å². The Labute approximate surface area is 98.2 Å². The molecule has 0 aromatic rings. The van der Waals surface area contributed by atoms with Crippen LogP contribution in [-0.2, 0) is 4.79 Å². The summed E-state index contributed by atoms with van der Waals surface area (Å²) in [6, 6.07) is 2.02. The smallest absolute Gasteiger partial charge is 0.248 e. The van der Waals surface area contributed by atoms with Gasteiger partial charge in [-0.15, -0.1) is 0 Å². The Morgan fingerprint density at radius 2 is 1.71 bits per heavy atom. The molecule has 4 nitrogen and oxygen atoms in total. The first-order chi connectivity index (χ1) is 7.81. The van der Waals surface area contributed by atoms with Crippen LogP contribution in [0.15, 0.2) is 0 Å². The van der Waals surface area contributed by atoms with Crippen LogP contribution in [0.25, 0.3) is 0 Å². The van der Waals surface area contributed by atoms with Crippen molar-refractivity contribution in [3.8, 4) is 6.07 Å². The molecule has 3 N–H and O–H groups in total. The van der Waals surface area contributed by atoms with Gasteiger partial charge in [0.15, 0.2) is 0 Å². The minimum Gasteiger partial charge on any atom is -0.336 e. The first-order valence-corrected chi connectivity index (χ1v) is 5.72. The van der Waals surface area contributed by atoms with E-state index in [1.54, 1.807) is 0 Å². The molecule has 0 aliphatic heterocycles. The molecule has 0 radical (unpaired) electrons. The summed E-state index contributed by atoms with van der Waals surface area (Å²) >= 11 is 0. The van der Waals surface area contributed by atoms with E-state index in [0.717, 1.165) is 0 Å². The van der Waals surface area contributed by atoms with Crippen molar-refractivity contribution in [3.05, 3.63) is 0 Å². The molecular weight excluding hydrogens is 228 g/mol. The summed E-state index contributed by atoms with van der Waals surface area (Å²) in [6.07, 6.45) is 0.427. The lowest BCUT2D eigenvalue weighted by atomic mass is 9.80. The quantitative estimate of drug-likeness (QED) is 0.761. The highest BCUT2D eigenvalue weighted by molar-refractivity contribution is 5.87. The summed E-state index contributed by atoms with van der Waals surface area (Å²) in [5.74, 6) is -3.18. The number of rotatable bonds is 2. The molecule has 17 heavy (non-hydrogen) atoms. The minimum absolute atomic E-state index is 0.0344. The maximum absolute atomic E-state index is 13.0. The van der Waals surface area contributed by atoms with Crippen LogP contribution in [-0.4, -0.2) is 22.9 Å². The highest BCUT2D eigenvalue weighted by Gasteiger charge is 2.50. The average molecular weight is 243 g/mol. The number of hydrogen-bond donors (Lipinski definition) is 2. The Morgan fingerprint density at radius 1 is 1.18 bits per heavy atom. The van der Waals surface area contributed by atoms with Crippen molar-refractivity contribution in [2.24, 2.45) is 5.73 Å². The third kappa shape index (κ3) is 2.39. The van der Waals surface area contributed by atoms with E-state index in [-0.39, 0.29) is 25.7 Å². The monoisotopic (exact) mass is 243 g/mol. The normalized spacial score (nSPS) is 27.9. The summed E-state index contributed by atoms with van der Waals surface area (Å²) in [4.78, 5) is 11.9. The molecule has 0 aromatic carbocycles. The predicted molar refractivity (Wildman–Crippen MR) is 56.1 cm³/mol. The molecule has 2 rings (SSSR count). The highest BCUT2D eigenvalue weighted by Crippen LogP contribution is 2.39. The van der Waals surface area contributed by atoms with Gasteiger partial charge in [0, 0.05) is 12.8 Å². The van der Waals surface area contributed by atoms with Crippen LogP contribution in [0.5, 0.6) is 0 Å². The molecule has 94 valence electrons. The van der Waals surface area contributed by atoms with E-state index in [1.807, 2.05) is 6.07 Å². The van der Waals surface area contributed by atoms with Gasteiger partial charge in [0.2, 0.25) is 11.8 Å². The second-order valence-corrected chi connectivity index (χ2v) is 5.16. The van der Waals surface area contributed by atoms with E-state index in [1.165, 1.54) is 0 Å². The maximum Gasteiger partial charge on any atom is 0.248 e. The standard InChI is InChI=1S/C11H15F2N3O/c12-11(13)5-3-10(15,4-6-11)8(17)16-9(7-14)1-2-9/h1-6,15H2,(H,16,17). The number of nitrogens with two attached hydrogens (primary N) is 1. The lowest BCUT2D eigenvalue weighted by Crippen LogP contribution is -2.59. The number of halogens is 2. The van der Waals surface area contributed by atoms with Gasteiger partial charge in [0.05, 0.1) is 11.6 Å². The molecule has 0 bridgehead atoms. The topological polar surface area (TPSA) is 78.9 Å². The second kappa shape index (κ2) is 3.64. The molecule has 0 heterocycles. The lowest BCUT2D eigenvalue weighted by molar-refractivity contribution is -0.131. The predicted octanol–water partition coefficient (Wildman–Crippen LogP) is 1.07. The van der Waals surface area contributed by atoms with Gasteiger partial charge >= 0.3 is 0 Å². The van der Waals surface area contributed by atoms with E-state index in [2.05, 4.69) is 5.32 Å². The highest BCUT2D eigenvalue weighted by atomic mass is 19.3. The van der Waals surface area contributed by atoms with E-state index >= 15 is 0 Å². The fourth-order valence-corrected chi connectivity index (χ4v) is 2.02. The SMILES string of the molecule is N#CC1(NC(=O)C2(N)CCC(F)(F)CC2)CC1. The molecular formula is C11H15F2N3O. The number of nitrogens with one attached hydrogen (secondary N) is 1. The third-order valence-corrected chi connectivity index (χ3v) is 3.64. The Kier molecular flexibility index (Phi) is 2.62. The summed E-state index contributed by atoms with van der Waals surface area (Å²) in [6.45, 7) is 0. The molecule has 2 aliphatic rings. The number of carbonyl (C=O) groups is 1. The van der Waals surface area contributed by atoms with Gasteiger partial charge in [-0.1, -0.05) is 0 Å². The number of nitrogens with zero attached hydrogens (tertiary/aromatic N) is 1. The zero-order valence-electron chi connectivity index (χ0n) is 9.43. The van der Waals surface area contributed by atoms with Crippen molar-refractivity contribution < 1.29 is 13.6 Å². The van der Waals surface area contributed by atoms with Crippen LogP contribution in [0.1, 0.15) is 38.5 Å². The largest absolute Gasteiger partial charge is 0.336 e. The van der Waals surface area contributed by atoms with Crippen molar-refractivity contribution in [2.75, 3.05) is 0 Å². The van der Waals surface area contributed by atoms with Crippen LogP contribution in [0.4, 0.5) is 8.78 Å². The van der Waals surface area contributed by atoms with Gasteiger partial charge in [-0.25, -0.2) is 8.78 Å². The van der Waals surface area contributed by atoms with E-state index in [4.69, 9.17) is 11.0 Å². The van der Waals surface area contributed by atoms with Crippen LogP contribution >= 0.6 is 0 Å². The summed E-state index contributed by atoms with van der Waals surface area (Å²) in [5.41, 5.74) is 3.83. The zero-order valence-corrected chi connectivity index (χ0v) is 9.43. The Bertz CT molecular complexity index is 375. The maximum atomic E-state index is 13.0. The minimum atomic E-state index is -2.71. The molecule has 2 aliphatic carbocycles. The summed E-state index contributed by atoms with van der Waals surface area (Å²) in [5, 5.41) is 11.4. The molecule has 0 atom stereocenters. The molecule has 0 spiro atoms. The van der Waals surface area contributed by atoms with E-state index < -0.39 is 22.9 Å². The Hall–Kier alpha value is -1.22. The van der Waals surface area contributed by atoms with Crippen molar-refractivity contribution in [1.82, 2.24) is 5.32 Å². The molecule has 0 aromatic heterocycles. The van der Waals surface area contributed by atoms with Crippen molar-refractivity contribution in [3.63, 3.8) is 0 Å². The van der Waals surface area contributed by atoms with Gasteiger partial charge in [0.25, 0.3) is 0 Å². The van der Waals surface area contributed by atoms with Crippen molar-refractivity contribution >= 4 is 5.91 Å². The number of hydrogen-bond acceptors (Lipinski definition) is 3. The van der Waals surface area contributed by atoms with Gasteiger partial charge in [-0.05, 0) is 25.7 Å². The van der Waals surface area contributed by atoms with Gasteiger partial charge < -0.3 is 11.1 Å². The summed E-state index contributed by atoms with van der Waals surface area (Å²) in [7, 11) is 0. The van der Waals surface area contributed by atoms with E-state index in [9.17, 15) is 13.6 Å². The first kappa shape index (κ1) is 12.2. The molecule has 0 unspecified atom stereocenters.